The molecule has 7 aromatic carbocycles. The van der Waals surface area contributed by atoms with Crippen molar-refractivity contribution in [1.82, 2.24) is 0 Å². The maximum atomic E-state index is 6.75. The fraction of sp³-hybridized carbons (Fsp3) is 0.176. The zero-order valence-corrected chi connectivity index (χ0v) is 34.4. The van der Waals surface area contributed by atoms with Gasteiger partial charge < -0.3 is 14.4 Å². The van der Waals surface area contributed by atoms with Crippen LogP contribution in [0.3, 0.4) is 0 Å². The summed E-state index contributed by atoms with van der Waals surface area (Å²) in [6, 6.07) is 50.0. The lowest BCUT2D eigenvalue weighted by molar-refractivity contribution is 0.332. The molecule has 5 aliphatic rings. The Morgan fingerprint density at radius 3 is 1.98 bits per heavy atom. The van der Waals surface area contributed by atoms with Crippen LogP contribution >= 0.6 is 23.5 Å². The summed E-state index contributed by atoms with van der Waals surface area (Å²) < 4.78 is 6.75. The number of aryl methyl sites for hydroxylation is 1. The first-order valence-corrected chi connectivity index (χ1v) is 21.8. The van der Waals surface area contributed by atoms with Gasteiger partial charge in [0.1, 0.15) is 5.75 Å². The van der Waals surface area contributed by atoms with Crippen molar-refractivity contribution >= 4 is 69.7 Å². The van der Waals surface area contributed by atoms with E-state index in [1.807, 2.05) is 23.5 Å². The molecule has 0 unspecified atom stereocenters. The smallest absolute Gasteiger partial charge is 0.333 e. The number of hydrogen-bond acceptors (Lipinski definition) is 5. The molecule has 4 aliphatic heterocycles. The molecule has 0 spiro atoms. The van der Waals surface area contributed by atoms with Gasteiger partial charge in [0.2, 0.25) is 0 Å². The first-order valence-electron chi connectivity index (χ1n) is 20.2. The van der Waals surface area contributed by atoms with E-state index in [9.17, 15) is 0 Å². The average molecular weight is 773 g/mol. The first kappa shape index (κ1) is 33.8. The van der Waals surface area contributed by atoms with Crippen molar-refractivity contribution in [2.24, 2.45) is 0 Å². The molecule has 7 aromatic rings. The minimum atomic E-state index is -0.0776. The van der Waals surface area contributed by atoms with Crippen molar-refractivity contribution in [1.29, 1.82) is 0 Å². The highest BCUT2D eigenvalue weighted by Crippen LogP contribution is 2.58. The van der Waals surface area contributed by atoms with Crippen LogP contribution in [0, 0.1) is 6.92 Å². The summed E-state index contributed by atoms with van der Waals surface area (Å²) in [6.07, 6.45) is 2.36. The molecule has 0 fully saturated rings. The van der Waals surface area contributed by atoms with E-state index in [0.29, 0.717) is 0 Å². The molecule has 6 heteroatoms. The predicted molar refractivity (Wildman–Crippen MR) is 240 cm³/mol. The van der Waals surface area contributed by atoms with E-state index in [2.05, 4.69) is 178 Å². The Bertz CT molecular complexity index is 2880. The van der Waals surface area contributed by atoms with Crippen molar-refractivity contribution in [2.45, 2.75) is 77.9 Å². The Morgan fingerprint density at radius 1 is 0.544 bits per heavy atom. The second-order valence-corrected chi connectivity index (χ2v) is 19.8. The van der Waals surface area contributed by atoms with Crippen LogP contribution in [-0.4, -0.2) is 6.85 Å². The lowest BCUT2D eigenvalue weighted by Crippen LogP contribution is -2.62. The van der Waals surface area contributed by atoms with Gasteiger partial charge in [-0.2, -0.15) is 0 Å². The van der Waals surface area contributed by atoms with Gasteiger partial charge in [-0.1, -0.05) is 124 Å². The summed E-state index contributed by atoms with van der Waals surface area (Å²) in [7, 11) is 0. The van der Waals surface area contributed by atoms with Gasteiger partial charge in [-0.15, -0.1) is 0 Å². The fourth-order valence-corrected chi connectivity index (χ4v) is 12.5. The third kappa shape index (κ3) is 4.84. The SMILES string of the molecule is Cc1cc2c(cc1N1c3cc4c(cc3B3c5c(cc(-c6ccccc6)cc51)-c1cccc5c1N3c1ccccc1O5)Sc1ccccc1S4)C(C)(C)CCC2(C)C. The zero-order chi connectivity index (χ0) is 38.4. The van der Waals surface area contributed by atoms with Gasteiger partial charge >= 0.3 is 6.85 Å². The molecule has 0 atom stereocenters. The van der Waals surface area contributed by atoms with Crippen LogP contribution in [-0.2, 0) is 10.8 Å². The summed E-state index contributed by atoms with van der Waals surface area (Å²) in [4.78, 5) is 10.5. The third-order valence-corrected chi connectivity index (χ3v) is 15.8. The van der Waals surface area contributed by atoms with Crippen molar-refractivity contribution in [2.75, 3.05) is 9.71 Å². The third-order valence-electron chi connectivity index (χ3n) is 13.2. The fourth-order valence-electron chi connectivity index (χ4n) is 10.2. The largest absolute Gasteiger partial charge is 0.453 e. The molecule has 0 saturated heterocycles. The van der Waals surface area contributed by atoms with Crippen LogP contribution in [0.4, 0.5) is 28.4 Å². The van der Waals surface area contributed by atoms with Crippen molar-refractivity contribution in [3.8, 4) is 33.8 Å². The van der Waals surface area contributed by atoms with E-state index in [-0.39, 0.29) is 17.7 Å². The maximum Gasteiger partial charge on any atom is 0.333 e. The molecule has 0 radical (unpaired) electrons. The van der Waals surface area contributed by atoms with Gasteiger partial charge in [-0.3, -0.25) is 0 Å². The van der Waals surface area contributed by atoms with Crippen LogP contribution in [0.25, 0.3) is 22.3 Å². The van der Waals surface area contributed by atoms with Gasteiger partial charge in [-0.25, -0.2) is 0 Å². The summed E-state index contributed by atoms with van der Waals surface area (Å²) in [5.41, 5.74) is 18.0. The Hall–Kier alpha value is -5.30. The van der Waals surface area contributed by atoms with E-state index in [1.165, 1.54) is 99.4 Å². The second kappa shape index (κ2) is 11.9. The number of ether oxygens (including phenoxy) is 1. The molecule has 0 amide bonds. The molecule has 4 heterocycles. The normalized spacial score (nSPS) is 16.9. The summed E-state index contributed by atoms with van der Waals surface area (Å²) in [5, 5.41) is 0. The van der Waals surface area contributed by atoms with Gasteiger partial charge in [0.15, 0.2) is 5.75 Å². The molecule has 12 rings (SSSR count). The number of nitrogens with zero attached hydrogens (tertiary/aromatic N) is 2. The summed E-state index contributed by atoms with van der Waals surface area (Å²) in [6.45, 7) is 12.0. The number of hydrogen-bond donors (Lipinski definition) is 0. The molecule has 3 nitrogen and oxygen atoms in total. The Labute approximate surface area is 344 Å². The highest BCUT2D eigenvalue weighted by Gasteiger charge is 2.49. The lowest BCUT2D eigenvalue weighted by Gasteiger charge is -2.48. The summed E-state index contributed by atoms with van der Waals surface area (Å²) in [5.74, 6) is 1.80. The average Bonchev–Trinajstić information content (AvgIpc) is 3.22. The first-order chi connectivity index (χ1) is 27.6. The molecule has 0 saturated carbocycles. The van der Waals surface area contributed by atoms with Gasteiger partial charge in [0, 0.05) is 42.2 Å². The quantitative estimate of drug-likeness (QED) is 0.162. The Morgan fingerprint density at radius 2 is 1.21 bits per heavy atom. The van der Waals surface area contributed by atoms with Crippen LogP contribution in [0.5, 0.6) is 11.5 Å². The van der Waals surface area contributed by atoms with Crippen molar-refractivity contribution < 1.29 is 4.74 Å². The lowest BCUT2D eigenvalue weighted by atomic mass is 9.43. The van der Waals surface area contributed by atoms with E-state index in [0.717, 1.165) is 22.9 Å². The van der Waals surface area contributed by atoms with E-state index < -0.39 is 0 Å². The highest BCUT2D eigenvalue weighted by atomic mass is 32.2. The Kier molecular flexibility index (Phi) is 7.04. The molecule has 1 aliphatic carbocycles. The van der Waals surface area contributed by atoms with Gasteiger partial charge in [0.05, 0.1) is 11.4 Å². The summed E-state index contributed by atoms with van der Waals surface area (Å²) >= 11 is 3.81. The number of rotatable bonds is 2. The topological polar surface area (TPSA) is 15.7 Å². The van der Waals surface area contributed by atoms with Crippen LogP contribution < -0.4 is 25.4 Å². The zero-order valence-electron chi connectivity index (χ0n) is 32.8. The molecule has 0 aromatic heterocycles. The number of fused-ring (bicyclic) bond motifs is 9. The van der Waals surface area contributed by atoms with Crippen LogP contribution in [0.1, 0.15) is 57.2 Å². The van der Waals surface area contributed by atoms with Crippen molar-refractivity contribution in [3.05, 3.63) is 150 Å². The number of benzene rings is 7. The molecule has 276 valence electrons. The van der Waals surface area contributed by atoms with Crippen LogP contribution in [0.2, 0.25) is 0 Å². The molecule has 0 N–H and O–H groups in total. The van der Waals surface area contributed by atoms with E-state index in [1.54, 1.807) is 0 Å². The highest BCUT2D eigenvalue weighted by molar-refractivity contribution is 8.05. The van der Waals surface area contributed by atoms with Gasteiger partial charge in [-0.05, 0) is 136 Å². The monoisotopic (exact) mass is 772 g/mol. The molecular formula is C51H41BN2OS2. The minimum Gasteiger partial charge on any atom is -0.453 e. The predicted octanol–water partition coefficient (Wildman–Crippen LogP) is 13.4. The Balaban J connectivity index is 1.21. The number of para-hydroxylation sites is 3. The molecule has 0 bridgehead atoms. The van der Waals surface area contributed by atoms with Crippen molar-refractivity contribution in [3.63, 3.8) is 0 Å². The van der Waals surface area contributed by atoms with E-state index >= 15 is 0 Å². The standard InChI is InChI=1S/C51H41BN2OS2/c1-30-24-35-36(51(4,5)23-22-50(35,2)3)27-39(30)53-40-29-47-46(56-44-20-11-12-21-45(44)57-47)28-37(40)52-48-34(25-32(26-41(48)53)31-14-7-6-8-15-31)33-16-13-19-43-49(33)54(52)38-17-9-10-18-42(38)55-43/h6-21,24-29H,22-23H2,1-5H3. The maximum absolute atomic E-state index is 6.75. The van der Waals surface area contributed by atoms with E-state index in [4.69, 9.17) is 4.74 Å². The van der Waals surface area contributed by atoms with Gasteiger partial charge in [0.25, 0.3) is 0 Å². The molecular weight excluding hydrogens is 732 g/mol. The minimum absolute atomic E-state index is 0.0681. The number of anilines is 5. The second-order valence-electron chi connectivity index (χ2n) is 17.6. The molecule has 57 heavy (non-hydrogen) atoms. The van der Waals surface area contributed by atoms with Crippen LogP contribution in [0.15, 0.2) is 153 Å².